The van der Waals surface area contributed by atoms with Gasteiger partial charge in [-0.25, -0.2) is 0 Å². The van der Waals surface area contributed by atoms with Gasteiger partial charge in [0.15, 0.2) is 0 Å². The molecule has 1 aromatic rings. The molecule has 0 aliphatic carbocycles. The zero-order chi connectivity index (χ0) is 11.8. The average Bonchev–Trinajstić information content (AvgIpc) is 2.28. The Morgan fingerprint density at radius 1 is 1.25 bits per heavy atom. The number of carbonyl (C=O) groups excluding carboxylic acids is 1. The van der Waals surface area contributed by atoms with Crippen LogP contribution in [0, 0.1) is 6.92 Å². The maximum atomic E-state index is 11.6. The topological polar surface area (TPSA) is 26.3 Å². The van der Waals surface area contributed by atoms with Gasteiger partial charge in [0.1, 0.15) is 5.78 Å². The summed E-state index contributed by atoms with van der Waals surface area (Å²) in [6, 6.07) is 8.14. The maximum Gasteiger partial charge on any atom is 0.137 e. The summed E-state index contributed by atoms with van der Waals surface area (Å²) in [7, 11) is 0. The Hall–Kier alpha value is -1.15. The molecule has 0 amide bonds. The highest BCUT2D eigenvalue weighted by molar-refractivity contribution is 5.80. The normalized spacial score (nSPS) is 10.4. The monoisotopic (exact) mass is 220 g/mol. The fraction of sp³-hybridized carbons (Fsp3) is 0.500. The summed E-state index contributed by atoms with van der Waals surface area (Å²) in [5.74, 6) is 0.295. The van der Waals surface area contributed by atoms with E-state index in [9.17, 15) is 4.79 Å². The van der Waals surface area contributed by atoms with Crippen molar-refractivity contribution in [2.75, 3.05) is 13.2 Å². The van der Waals surface area contributed by atoms with Gasteiger partial charge in [0, 0.05) is 26.1 Å². The van der Waals surface area contributed by atoms with E-state index in [0.717, 1.165) is 18.6 Å². The third-order valence-corrected chi connectivity index (χ3v) is 2.47. The molecule has 88 valence electrons. The molecule has 0 radical (unpaired) electrons. The van der Waals surface area contributed by atoms with Crippen LogP contribution in [0.3, 0.4) is 0 Å². The zero-order valence-electron chi connectivity index (χ0n) is 10.2. The lowest BCUT2D eigenvalue weighted by Gasteiger charge is -2.02. The third kappa shape index (κ3) is 5.08. The van der Waals surface area contributed by atoms with Gasteiger partial charge in [-0.3, -0.25) is 4.79 Å². The minimum atomic E-state index is 0.295. The first-order chi connectivity index (χ1) is 7.72. The average molecular weight is 220 g/mol. The van der Waals surface area contributed by atoms with Gasteiger partial charge in [-0.2, -0.15) is 0 Å². The molecule has 0 spiro atoms. The van der Waals surface area contributed by atoms with Crippen molar-refractivity contribution in [2.24, 2.45) is 0 Å². The predicted molar refractivity (Wildman–Crippen MR) is 65.6 cm³/mol. The van der Waals surface area contributed by atoms with Gasteiger partial charge in [-0.05, 0) is 25.8 Å². The van der Waals surface area contributed by atoms with Crippen molar-refractivity contribution in [3.05, 3.63) is 35.4 Å². The summed E-state index contributed by atoms with van der Waals surface area (Å²) in [5.41, 5.74) is 2.33. The number of Topliss-reactive ketones (excluding diaryl/α,β-unsaturated/α-hetero) is 1. The number of benzene rings is 1. The molecule has 0 aliphatic heterocycles. The van der Waals surface area contributed by atoms with E-state index in [0.29, 0.717) is 25.2 Å². The minimum absolute atomic E-state index is 0.295. The first kappa shape index (κ1) is 12.9. The molecule has 2 nitrogen and oxygen atoms in total. The lowest BCUT2D eigenvalue weighted by Crippen LogP contribution is -2.04. The maximum absolute atomic E-state index is 11.6. The van der Waals surface area contributed by atoms with Crippen LogP contribution in [0.4, 0.5) is 0 Å². The second-order valence-electron chi connectivity index (χ2n) is 4.00. The SMILES string of the molecule is CCOCCCC(=O)Cc1ccc(C)cc1. The van der Waals surface area contributed by atoms with Gasteiger partial charge in [-0.15, -0.1) is 0 Å². The quantitative estimate of drug-likeness (QED) is 0.660. The van der Waals surface area contributed by atoms with Crippen molar-refractivity contribution < 1.29 is 9.53 Å². The lowest BCUT2D eigenvalue weighted by atomic mass is 10.0. The molecule has 0 saturated heterocycles. The minimum Gasteiger partial charge on any atom is -0.382 e. The molecule has 0 N–H and O–H groups in total. The summed E-state index contributed by atoms with van der Waals surface area (Å²) < 4.78 is 5.20. The first-order valence-electron chi connectivity index (χ1n) is 5.87. The Labute approximate surface area is 97.6 Å². The smallest absolute Gasteiger partial charge is 0.137 e. The summed E-state index contributed by atoms with van der Waals surface area (Å²) in [6.45, 7) is 5.43. The van der Waals surface area contributed by atoms with Crippen LogP contribution in [0.15, 0.2) is 24.3 Å². The molecular weight excluding hydrogens is 200 g/mol. The van der Waals surface area contributed by atoms with Crippen LogP contribution in [0.2, 0.25) is 0 Å². The van der Waals surface area contributed by atoms with Gasteiger partial charge < -0.3 is 4.74 Å². The van der Waals surface area contributed by atoms with E-state index in [1.165, 1.54) is 5.56 Å². The fourth-order valence-corrected chi connectivity index (χ4v) is 1.54. The van der Waals surface area contributed by atoms with E-state index in [4.69, 9.17) is 4.74 Å². The Bertz CT molecular complexity index is 314. The Balaban J connectivity index is 2.26. The van der Waals surface area contributed by atoms with E-state index >= 15 is 0 Å². The van der Waals surface area contributed by atoms with Crippen LogP contribution >= 0.6 is 0 Å². The Morgan fingerprint density at radius 2 is 1.94 bits per heavy atom. The fourth-order valence-electron chi connectivity index (χ4n) is 1.54. The number of aryl methyl sites for hydroxylation is 1. The Morgan fingerprint density at radius 3 is 2.56 bits per heavy atom. The van der Waals surface area contributed by atoms with Crippen molar-refractivity contribution in [1.82, 2.24) is 0 Å². The van der Waals surface area contributed by atoms with Crippen molar-refractivity contribution in [1.29, 1.82) is 0 Å². The number of hydrogen-bond donors (Lipinski definition) is 0. The molecule has 1 aromatic carbocycles. The van der Waals surface area contributed by atoms with Gasteiger partial charge in [-0.1, -0.05) is 29.8 Å². The molecule has 1 rings (SSSR count). The zero-order valence-corrected chi connectivity index (χ0v) is 10.2. The van der Waals surface area contributed by atoms with E-state index in [1.807, 2.05) is 38.1 Å². The van der Waals surface area contributed by atoms with Gasteiger partial charge in [0.05, 0.1) is 0 Å². The van der Waals surface area contributed by atoms with Crippen molar-refractivity contribution in [2.45, 2.75) is 33.1 Å². The summed E-state index contributed by atoms with van der Waals surface area (Å²) >= 11 is 0. The lowest BCUT2D eigenvalue weighted by molar-refractivity contribution is -0.118. The molecule has 0 heterocycles. The molecule has 16 heavy (non-hydrogen) atoms. The largest absolute Gasteiger partial charge is 0.382 e. The van der Waals surface area contributed by atoms with Crippen molar-refractivity contribution in [3.63, 3.8) is 0 Å². The molecular formula is C14H20O2. The standard InChI is InChI=1S/C14H20O2/c1-3-16-10-4-5-14(15)11-13-8-6-12(2)7-9-13/h6-9H,3-5,10-11H2,1-2H3. The summed E-state index contributed by atoms with van der Waals surface area (Å²) in [5, 5.41) is 0. The van der Waals surface area contributed by atoms with Crippen LogP contribution in [0.5, 0.6) is 0 Å². The molecule has 0 aromatic heterocycles. The summed E-state index contributed by atoms with van der Waals surface area (Å²) in [4.78, 5) is 11.6. The van der Waals surface area contributed by atoms with Gasteiger partial charge in [0.25, 0.3) is 0 Å². The molecule has 0 bridgehead atoms. The Kier molecular flexibility index (Phi) is 5.79. The van der Waals surface area contributed by atoms with Crippen LogP contribution in [-0.4, -0.2) is 19.0 Å². The number of carbonyl (C=O) groups is 1. The van der Waals surface area contributed by atoms with Gasteiger partial charge >= 0.3 is 0 Å². The molecule has 0 atom stereocenters. The van der Waals surface area contributed by atoms with E-state index in [2.05, 4.69) is 0 Å². The first-order valence-corrected chi connectivity index (χ1v) is 5.87. The number of ether oxygens (including phenoxy) is 1. The van der Waals surface area contributed by atoms with Crippen LogP contribution in [0.1, 0.15) is 30.9 Å². The molecule has 0 unspecified atom stereocenters. The van der Waals surface area contributed by atoms with Crippen LogP contribution < -0.4 is 0 Å². The van der Waals surface area contributed by atoms with Crippen LogP contribution in [-0.2, 0) is 16.0 Å². The predicted octanol–water partition coefficient (Wildman–Crippen LogP) is 2.92. The number of ketones is 1. The highest BCUT2D eigenvalue weighted by atomic mass is 16.5. The number of hydrogen-bond acceptors (Lipinski definition) is 2. The number of rotatable bonds is 7. The second-order valence-corrected chi connectivity index (χ2v) is 4.00. The highest BCUT2D eigenvalue weighted by Crippen LogP contribution is 2.06. The highest BCUT2D eigenvalue weighted by Gasteiger charge is 2.03. The van der Waals surface area contributed by atoms with E-state index in [1.54, 1.807) is 0 Å². The van der Waals surface area contributed by atoms with Gasteiger partial charge in [0.2, 0.25) is 0 Å². The van der Waals surface area contributed by atoms with Crippen molar-refractivity contribution in [3.8, 4) is 0 Å². The summed E-state index contributed by atoms with van der Waals surface area (Å²) in [6.07, 6.45) is 2.00. The molecule has 0 fully saturated rings. The third-order valence-electron chi connectivity index (χ3n) is 2.47. The molecule has 2 heteroatoms. The molecule has 0 saturated carbocycles. The van der Waals surface area contributed by atoms with Crippen molar-refractivity contribution >= 4 is 5.78 Å². The van der Waals surface area contributed by atoms with E-state index in [-0.39, 0.29) is 0 Å². The second kappa shape index (κ2) is 7.18. The molecule has 0 aliphatic rings. The van der Waals surface area contributed by atoms with E-state index < -0.39 is 0 Å². The van der Waals surface area contributed by atoms with Crippen LogP contribution in [0.25, 0.3) is 0 Å².